The molecule has 4 N–H and O–H groups in total. The van der Waals surface area contributed by atoms with Gasteiger partial charge in [0.2, 0.25) is 5.91 Å². The maximum atomic E-state index is 12.6. The lowest BCUT2D eigenvalue weighted by Crippen LogP contribution is -2.38. The first-order chi connectivity index (χ1) is 12.5. The number of fused-ring (bicyclic) bond motifs is 1. The van der Waals surface area contributed by atoms with Crippen LogP contribution in [0.15, 0.2) is 48.5 Å². The lowest BCUT2D eigenvalue weighted by Gasteiger charge is -2.27. The summed E-state index contributed by atoms with van der Waals surface area (Å²) in [6.07, 6.45) is 0.717. The zero-order valence-corrected chi connectivity index (χ0v) is 14.8. The number of hydrogen-bond acceptors (Lipinski definition) is 3. The first kappa shape index (κ1) is 18.1. The Bertz CT molecular complexity index is 812. The standard InChI is InChI=1S/C19H20ClN3O3/c20-14-7-3-1-5-12(14)16(23-19(21)25)11-18(24)22-15-9-10-26-17-8-4-2-6-13(15)17/h1-8,15-16H,9-11H2,(H,22,24)(H3,21,23,25)/t15-,16-/m1/s1. The van der Waals surface area contributed by atoms with Crippen LogP contribution in [0.1, 0.15) is 36.1 Å². The van der Waals surface area contributed by atoms with Gasteiger partial charge in [0.05, 0.1) is 25.1 Å². The zero-order valence-electron chi connectivity index (χ0n) is 14.1. The van der Waals surface area contributed by atoms with Crippen molar-refractivity contribution >= 4 is 23.5 Å². The van der Waals surface area contributed by atoms with Crippen LogP contribution in [0.4, 0.5) is 4.79 Å². The van der Waals surface area contributed by atoms with E-state index in [2.05, 4.69) is 10.6 Å². The Morgan fingerprint density at radius 2 is 1.92 bits per heavy atom. The van der Waals surface area contributed by atoms with Crippen molar-refractivity contribution in [2.75, 3.05) is 6.61 Å². The summed E-state index contributed by atoms with van der Waals surface area (Å²) in [5.74, 6) is 0.576. The number of rotatable bonds is 5. The summed E-state index contributed by atoms with van der Waals surface area (Å²) in [6, 6.07) is 13.2. The molecule has 6 nitrogen and oxygen atoms in total. The van der Waals surface area contributed by atoms with Gasteiger partial charge in [-0.1, -0.05) is 48.0 Å². The molecule has 0 spiro atoms. The second-order valence-electron chi connectivity index (χ2n) is 6.08. The Hall–Kier alpha value is -2.73. The third-order valence-electron chi connectivity index (χ3n) is 4.28. The monoisotopic (exact) mass is 373 g/mol. The molecule has 1 aliphatic heterocycles. The molecule has 3 amide bonds. The van der Waals surface area contributed by atoms with Gasteiger partial charge in [-0.3, -0.25) is 4.79 Å². The molecule has 3 rings (SSSR count). The Morgan fingerprint density at radius 3 is 2.69 bits per heavy atom. The van der Waals surface area contributed by atoms with Crippen molar-refractivity contribution in [1.29, 1.82) is 0 Å². The van der Waals surface area contributed by atoms with Crippen LogP contribution in [-0.4, -0.2) is 18.5 Å². The molecule has 2 aromatic rings. The molecule has 0 saturated carbocycles. The fraction of sp³-hybridized carbons (Fsp3) is 0.263. The number of amides is 3. The highest BCUT2D eigenvalue weighted by molar-refractivity contribution is 6.31. The van der Waals surface area contributed by atoms with E-state index in [1.165, 1.54) is 0 Å². The average molecular weight is 374 g/mol. The molecule has 0 fully saturated rings. The van der Waals surface area contributed by atoms with Crippen molar-refractivity contribution in [3.63, 3.8) is 0 Å². The predicted octanol–water partition coefficient (Wildman–Crippen LogP) is 3.08. The van der Waals surface area contributed by atoms with Crippen LogP contribution in [0.5, 0.6) is 5.75 Å². The van der Waals surface area contributed by atoms with Gasteiger partial charge in [0.15, 0.2) is 0 Å². The number of nitrogens with one attached hydrogen (secondary N) is 2. The Balaban J connectivity index is 1.73. The minimum absolute atomic E-state index is 0.0339. The van der Waals surface area contributed by atoms with Crippen LogP contribution in [-0.2, 0) is 4.79 Å². The quantitative estimate of drug-likeness (QED) is 0.751. The van der Waals surface area contributed by atoms with Crippen molar-refractivity contribution in [3.8, 4) is 5.75 Å². The zero-order chi connectivity index (χ0) is 18.5. The van der Waals surface area contributed by atoms with Gasteiger partial charge in [-0.15, -0.1) is 0 Å². The fourth-order valence-electron chi connectivity index (χ4n) is 3.10. The van der Waals surface area contributed by atoms with E-state index in [4.69, 9.17) is 22.1 Å². The van der Waals surface area contributed by atoms with Gasteiger partial charge in [0, 0.05) is 17.0 Å². The van der Waals surface area contributed by atoms with E-state index in [1.54, 1.807) is 24.3 Å². The summed E-state index contributed by atoms with van der Waals surface area (Å²) in [7, 11) is 0. The molecule has 0 aliphatic carbocycles. The lowest BCUT2D eigenvalue weighted by molar-refractivity contribution is -0.122. The van der Waals surface area contributed by atoms with E-state index < -0.39 is 12.1 Å². The minimum atomic E-state index is -0.709. The number of carbonyl (C=O) groups is 2. The SMILES string of the molecule is NC(=O)N[C@H](CC(=O)N[C@@H]1CCOc2ccccc21)c1ccccc1Cl. The highest BCUT2D eigenvalue weighted by Gasteiger charge is 2.25. The van der Waals surface area contributed by atoms with Crippen molar-refractivity contribution in [2.24, 2.45) is 5.73 Å². The van der Waals surface area contributed by atoms with Crippen LogP contribution in [0.3, 0.4) is 0 Å². The molecule has 1 aliphatic rings. The van der Waals surface area contributed by atoms with Crippen molar-refractivity contribution in [1.82, 2.24) is 10.6 Å². The molecule has 0 saturated heterocycles. The van der Waals surface area contributed by atoms with Gasteiger partial charge < -0.3 is 21.1 Å². The Morgan fingerprint density at radius 1 is 1.19 bits per heavy atom. The number of ether oxygens (including phenoxy) is 1. The summed E-state index contributed by atoms with van der Waals surface area (Å²) in [4.78, 5) is 24.0. The van der Waals surface area contributed by atoms with E-state index >= 15 is 0 Å². The number of hydrogen-bond donors (Lipinski definition) is 3. The molecule has 0 unspecified atom stereocenters. The molecule has 26 heavy (non-hydrogen) atoms. The maximum Gasteiger partial charge on any atom is 0.312 e. The Labute approximate surface area is 156 Å². The van der Waals surface area contributed by atoms with Crippen LogP contribution < -0.4 is 21.1 Å². The smallest absolute Gasteiger partial charge is 0.312 e. The molecule has 1 heterocycles. The van der Waals surface area contributed by atoms with E-state index in [1.807, 2.05) is 24.3 Å². The van der Waals surface area contributed by atoms with Crippen LogP contribution in [0.2, 0.25) is 5.02 Å². The molecule has 0 radical (unpaired) electrons. The lowest BCUT2D eigenvalue weighted by atomic mass is 9.99. The van der Waals surface area contributed by atoms with E-state index in [-0.39, 0.29) is 18.4 Å². The molecular weight excluding hydrogens is 354 g/mol. The van der Waals surface area contributed by atoms with E-state index in [9.17, 15) is 9.59 Å². The first-order valence-corrected chi connectivity index (χ1v) is 8.74. The normalized spacial score (nSPS) is 16.7. The summed E-state index contributed by atoms with van der Waals surface area (Å²) < 4.78 is 5.61. The predicted molar refractivity (Wildman–Crippen MR) is 99.0 cm³/mol. The van der Waals surface area contributed by atoms with Gasteiger partial charge in [0.1, 0.15) is 5.75 Å². The van der Waals surface area contributed by atoms with Crippen molar-refractivity contribution < 1.29 is 14.3 Å². The molecule has 2 atom stereocenters. The summed E-state index contributed by atoms with van der Waals surface area (Å²) in [5.41, 5.74) is 6.86. The minimum Gasteiger partial charge on any atom is -0.493 e. The van der Waals surface area contributed by atoms with Crippen LogP contribution in [0.25, 0.3) is 0 Å². The summed E-state index contributed by atoms with van der Waals surface area (Å²) in [5, 5.41) is 6.08. The fourth-order valence-corrected chi connectivity index (χ4v) is 3.37. The summed E-state index contributed by atoms with van der Waals surface area (Å²) >= 11 is 6.20. The molecule has 0 bridgehead atoms. The maximum absolute atomic E-state index is 12.6. The number of primary amides is 1. The largest absolute Gasteiger partial charge is 0.493 e. The van der Waals surface area contributed by atoms with Gasteiger partial charge in [-0.2, -0.15) is 0 Å². The topological polar surface area (TPSA) is 93.5 Å². The Kier molecular flexibility index (Phi) is 5.63. The third-order valence-corrected chi connectivity index (χ3v) is 4.62. The van der Waals surface area contributed by atoms with Gasteiger partial charge in [-0.05, 0) is 17.7 Å². The highest BCUT2D eigenvalue weighted by atomic mass is 35.5. The first-order valence-electron chi connectivity index (χ1n) is 8.36. The number of halogens is 1. The molecule has 0 aromatic heterocycles. The molecule has 136 valence electrons. The highest BCUT2D eigenvalue weighted by Crippen LogP contribution is 2.32. The summed E-state index contributed by atoms with van der Waals surface area (Å²) in [6.45, 7) is 0.537. The van der Waals surface area contributed by atoms with E-state index in [0.717, 1.165) is 11.3 Å². The van der Waals surface area contributed by atoms with E-state index in [0.29, 0.717) is 23.6 Å². The number of nitrogens with two attached hydrogens (primary N) is 1. The second kappa shape index (κ2) is 8.10. The van der Waals surface area contributed by atoms with Crippen LogP contribution in [0, 0.1) is 0 Å². The molecular formula is C19H20ClN3O3. The van der Waals surface area contributed by atoms with Gasteiger partial charge in [0.25, 0.3) is 0 Å². The number of urea groups is 1. The molecule has 2 aromatic carbocycles. The van der Waals surface area contributed by atoms with Crippen molar-refractivity contribution in [3.05, 3.63) is 64.7 Å². The van der Waals surface area contributed by atoms with Crippen LogP contribution >= 0.6 is 11.6 Å². The average Bonchev–Trinajstić information content (AvgIpc) is 2.61. The molecule has 7 heteroatoms. The van der Waals surface area contributed by atoms with Gasteiger partial charge in [-0.25, -0.2) is 4.79 Å². The number of para-hydroxylation sites is 1. The number of benzene rings is 2. The number of carbonyl (C=O) groups excluding carboxylic acids is 2. The van der Waals surface area contributed by atoms with Crippen molar-refractivity contribution in [2.45, 2.75) is 24.9 Å². The second-order valence-corrected chi connectivity index (χ2v) is 6.49. The third kappa shape index (κ3) is 4.26. The van der Waals surface area contributed by atoms with Gasteiger partial charge >= 0.3 is 6.03 Å².